The van der Waals surface area contributed by atoms with Crippen molar-refractivity contribution in [3.8, 4) is 5.75 Å². The number of hydrogen-bond donors (Lipinski definition) is 2. The summed E-state index contributed by atoms with van der Waals surface area (Å²) >= 11 is 0. The molecule has 1 fully saturated rings. The molecule has 2 rings (SSSR count). The van der Waals surface area contributed by atoms with E-state index in [0.29, 0.717) is 13.1 Å². The third-order valence-corrected chi connectivity index (χ3v) is 2.96. The molecular formula is C12H16N2O3. The molecule has 0 radical (unpaired) electrons. The second kappa shape index (κ2) is 5.05. The van der Waals surface area contributed by atoms with Gasteiger partial charge in [0.25, 0.3) is 0 Å². The molecule has 1 amide bonds. The normalized spacial score (nSPS) is 17.1. The van der Waals surface area contributed by atoms with Crippen molar-refractivity contribution in [1.82, 2.24) is 9.80 Å². The minimum atomic E-state index is -0.845. The van der Waals surface area contributed by atoms with Crippen molar-refractivity contribution in [2.75, 3.05) is 26.2 Å². The predicted octanol–water partition coefficient (Wildman–Crippen LogP) is 1.19. The van der Waals surface area contributed by atoms with E-state index in [9.17, 15) is 9.90 Å². The molecule has 0 saturated carbocycles. The van der Waals surface area contributed by atoms with Crippen molar-refractivity contribution >= 4 is 6.09 Å². The van der Waals surface area contributed by atoms with Gasteiger partial charge in [0.1, 0.15) is 5.75 Å². The second-order valence-corrected chi connectivity index (χ2v) is 4.22. The summed E-state index contributed by atoms with van der Waals surface area (Å²) < 4.78 is 0. The molecule has 1 aromatic carbocycles. The van der Waals surface area contributed by atoms with Crippen LogP contribution < -0.4 is 0 Å². The summed E-state index contributed by atoms with van der Waals surface area (Å²) in [4.78, 5) is 14.4. The summed E-state index contributed by atoms with van der Waals surface area (Å²) in [5.41, 5.74) is 1.05. The first-order valence-electron chi connectivity index (χ1n) is 5.63. The molecule has 1 aliphatic rings. The zero-order valence-electron chi connectivity index (χ0n) is 9.54. The summed E-state index contributed by atoms with van der Waals surface area (Å²) in [6, 6.07) is 7.16. The first kappa shape index (κ1) is 11.7. The summed E-state index contributed by atoms with van der Waals surface area (Å²) in [5, 5.41) is 18.2. The fourth-order valence-corrected chi connectivity index (χ4v) is 2.01. The molecule has 0 aromatic heterocycles. The van der Waals surface area contributed by atoms with Crippen LogP contribution in [0.4, 0.5) is 4.79 Å². The topological polar surface area (TPSA) is 64.0 Å². The second-order valence-electron chi connectivity index (χ2n) is 4.22. The van der Waals surface area contributed by atoms with E-state index >= 15 is 0 Å². The van der Waals surface area contributed by atoms with Gasteiger partial charge in [-0.05, 0) is 17.7 Å². The highest BCUT2D eigenvalue weighted by molar-refractivity contribution is 5.65. The van der Waals surface area contributed by atoms with Gasteiger partial charge in [0, 0.05) is 32.7 Å². The standard InChI is InChI=1S/C12H16N2O3/c15-11-3-1-2-10(8-11)9-13-4-6-14(7-5-13)12(16)17/h1-3,8,15H,4-7,9H2,(H,16,17). The molecule has 0 bridgehead atoms. The highest BCUT2D eigenvalue weighted by atomic mass is 16.4. The van der Waals surface area contributed by atoms with Crippen molar-refractivity contribution in [2.24, 2.45) is 0 Å². The van der Waals surface area contributed by atoms with E-state index in [1.165, 1.54) is 4.90 Å². The minimum Gasteiger partial charge on any atom is -0.508 e. The molecule has 0 atom stereocenters. The first-order valence-corrected chi connectivity index (χ1v) is 5.63. The van der Waals surface area contributed by atoms with Crippen LogP contribution in [0, 0.1) is 0 Å². The number of phenolic OH excluding ortho intramolecular Hbond substituents is 1. The zero-order chi connectivity index (χ0) is 12.3. The van der Waals surface area contributed by atoms with Gasteiger partial charge in [-0.15, -0.1) is 0 Å². The summed E-state index contributed by atoms with van der Waals surface area (Å²) in [7, 11) is 0. The molecule has 92 valence electrons. The zero-order valence-corrected chi connectivity index (χ0v) is 9.54. The Bertz CT molecular complexity index is 400. The van der Waals surface area contributed by atoms with E-state index in [1.807, 2.05) is 12.1 Å². The van der Waals surface area contributed by atoms with Crippen LogP contribution in [0.15, 0.2) is 24.3 Å². The molecule has 5 nitrogen and oxygen atoms in total. The Morgan fingerprint density at radius 2 is 1.94 bits per heavy atom. The number of hydrogen-bond acceptors (Lipinski definition) is 3. The SMILES string of the molecule is O=C(O)N1CCN(Cc2cccc(O)c2)CC1. The van der Waals surface area contributed by atoms with Crippen LogP contribution >= 0.6 is 0 Å². The van der Waals surface area contributed by atoms with Gasteiger partial charge in [0.15, 0.2) is 0 Å². The molecule has 2 N–H and O–H groups in total. The quantitative estimate of drug-likeness (QED) is 0.809. The number of carboxylic acid groups (broad SMARTS) is 1. The molecule has 5 heteroatoms. The molecular weight excluding hydrogens is 220 g/mol. The van der Waals surface area contributed by atoms with Gasteiger partial charge in [-0.3, -0.25) is 4.90 Å². The predicted molar refractivity (Wildman–Crippen MR) is 63.0 cm³/mol. The lowest BCUT2D eigenvalue weighted by atomic mass is 10.2. The Hall–Kier alpha value is -1.75. The van der Waals surface area contributed by atoms with Crippen LogP contribution in [0.5, 0.6) is 5.75 Å². The molecule has 0 aliphatic carbocycles. The number of rotatable bonds is 2. The van der Waals surface area contributed by atoms with E-state index in [1.54, 1.807) is 12.1 Å². The maximum Gasteiger partial charge on any atom is 0.407 e. The molecule has 1 heterocycles. The van der Waals surface area contributed by atoms with Gasteiger partial charge in [-0.2, -0.15) is 0 Å². The van der Waals surface area contributed by atoms with Gasteiger partial charge in [0.05, 0.1) is 0 Å². The lowest BCUT2D eigenvalue weighted by Crippen LogP contribution is -2.47. The average molecular weight is 236 g/mol. The lowest BCUT2D eigenvalue weighted by Gasteiger charge is -2.33. The third kappa shape index (κ3) is 3.10. The number of carbonyl (C=O) groups is 1. The Morgan fingerprint density at radius 1 is 1.24 bits per heavy atom. The Balaban J connectivity index is 1.88. The van der Waals surface area contributed by atoms with Crippen LogP contribution in [0.2, 0.25) is 0 Å². The number of amides is 1. The summed E-state index contributed by atoms with van der Waals surface area (Å²) in [6.45, 7) is 3.33. The van der Waals surface area contributed by atoms with Gasteiger partial charge in [-0.1, -0.05) is 12.1 Å². The Labute approximate surface area is 99.9 Å². The average Bonchev–Trinajstić information content (AvgIpc) is 2.29. The van der Waals surface area contributed by atoms with Crippen LogP contribution in [0.25, 0.3) is 0 Å². The first-order chi connectivity index (χ1) is 8.15. The highest BCUT2D eigenvalue weighted by Crippen LogP contribution is 2.14. The van der Waals surface area contributed by atoms with E-state index in [4.69, 9.17) is 5.11 Å². The largest absolute Gasteiger partial charge is 0.508 e. The molecule has 1 aliphatic heterocycles. The van der Waals surface area contributed by atoms with Crippen molar-refractivity contribution in [3.63, 3.8) is 0 Å². The van der Waals surface area contributed by atoms with Gasteiger partial charge >= 0.3 is 6.09 Å². The van der Waals surface area contributed by atoms with Gasteiger partial charge in [0.2, 0.25) is 0 Å². The molecule has 1 aromatic rings. The van der Waals surface area contributed by atoms with E-state index in [-0.39, 0.29) is 5.75 Å². The summed E-state index contributed by atoms with van der Waals surface area (Å²) in [5.74, 6) is 0.270. The summed E-state index contributed by atoms with van der Waals surface area (Å²) in [6.07, 6.45) is -0.845. The van der Waals surface area contributed by atoms with Crippen molar-refractivity contribution in [3.05, 3.63) is 29.8 Å². The number of piperazine rings is 1. The van der Waals surface area contributed by atoms with E-state index < -0.39 is 6.09 Å². The fourth-order valence-electron chi connectivity index (χ4n) is 2.01. The van der Waals surface area contributed by atoms with E-state index in [0.717, 1.165) is 25.2 Å². The van der Waals surface area contributed by atoms with Crippen LogP contribution in [-0.2, 0) is 6.54 Å². The van der Waals surface area contributed by atoms with Crippen LogP contribution in [0.1, 0.15) is 5.56 Å². The molecule has 0 spiro atoms. The Morgan fingerprint density at radius 3 is 2.53 bits per heavy atom. The smallest absolute Gasteiger partial charge is 0.407 e. The van der Waals surface area contributed by atoms with Crippen LogP contribution in [0.3, 0.4) is 0 Å². The maximum atomic E-state index is 10.7. The van der Waals surface area contributed by atoms with Gasteiger partial charge < -0.3 is 15.1 Å². The highest BCUT2D eigenvalue weighted by Gasteiger charge is 2.20. The number of benzene rings is 1. The molecule has 17 heavy (non-hydrogen) atoms. The lowest BCUT2D eigenvalue weighted by molar-refractivity contribution is 0.103. The number of phenols is 1. The van der Waals surface area contributed by atoms with Crippen molar-refractivity contribution < 1.29 is 15.0 Å². The maximum absolute atomic E-state index is 10.7. The number of nitrogens with zero attached hydrogens (tertiary/aromatic N) is 2. The number of aromatic hydroxyl groups is 1. The molecule has 1 saturated heterocycles. The van der Waals surface area contributed by atoms with Crippen molar-refractivity contribution in [2.45, 2.75) is 6.54 Å². The van der Waals surface area contributed by atoms with E-state index in [2.05, 4.69) is 4.90 Å². The fraction of sp³-hybridized carbons (Fsp3) is 0.417. The molecule has 0 unspecified atom stereocenters. The minimum absolute atomic E-state index is 0.270. The van der Waals surface area contributed by atoms with Gasteiger partial charge in [-0.25, -0.2) is 4.79 Å². The van der Waals surface area contributed by atoms with Crippen molar-refractivity contribution in [1.29, 1.82) is 0 Å². The van der Waals surface area contributed by atoms with Crippen LogP contribution in [-0.4, -0.2) is 52.3 Å². The third-order valence-electron chi connectivity index (χ3n) is 2.96. The monoisotopic (exact) mass is 236 g/mol. The Kier molecular flexibility index (Phi) is 3.49.